The Morgan fingerprint density at radius 3 is 3.17 bits per heavy atom. The van der Waals surface area contributed by atoms with Crippen molar-refractivity contribution in [3.05, 3.63) is 16.1 Å². The van der Waals surface area contributed by atoms with Crippen molar-refractivity contribution >= 4 is 33.6 Å². The van der Waals surface area contributed by atoms with E-state index >= 15 is 0 Å². The van der Waals surface area contributed by atoms with Crippen LogP contribution < -0.4 is 0 Å². The number of nitrogens with zero attached hydrogens (tertiary/aromatic N) is 2. The summed E-state index contributed by atoms with van der Waals surface area (Å²) in [6.07, 6.45) is 2.64. The molecule has 0 aliphatic carbocycles. The maximum Gasteiger partial charge on any atom is 0.161 e. The molecule has 1 rings (SSSR count). The number of rotatable bonds is 3. The third kappa shape index (κ3) is 2.13. The zero-order chi connectivity index (χ0) is 8.97. The van der Waals surface area contributed by atoms with E-state index in [2.05, 4.69) is 20.9 Å². The summed E-state index contributed by atoms with van der Waals surface area (Å²) in [5.74, 6) is 0. The maximum atomic E-state index is 10.3. The van der Waals surface area contributed by atoms with E-state index in [9.17, 15) is 4.79 Å². The van der Waals surface area contributed by atoms with Gasteiger partial charge in [-0.25, -0.2) is 4.98 Å². The van der Waals surface area contributed by atoms with Crippen molar-refractivity contribution < 1.29 is 4.79 Å². The second-order valence-corrected chi connectivity index (χ2v) is 4.25. The molecule has 1 atom stereocenters. The Morgan fingerprint density at radius 2 is 2.67 bits per heavy atom. The number of hydrogen-bond acceptors (Lipinski definition) is 4. The van der Waals surface area contributed by atoms with Crippen LogP contribution in [0.4, 0.5) is 0 Å². The average Bonchev–Trinajstić information content (AvgIpc) is 2.52. The molecule has 0 bridgehead atoms. The van der Waals surface area contributed by atoms with Crippen molar-refractivity contribution in [2.75, 3.05) is 0 Å². The van der Waals surface area contributed by atoms with Crippen molar-refractivity contribution in [3.8, 4) is 6.07 Å². The molecule has 1 aromatic rings. The van der Waals surface area contributed by atoms with E-state index in [1.54, 1.807) is 0 Å². The molecule has 1 unspecified atom stereocenters. The SMILES string of the molecule is N#CCC(Br)c1ncc(C=O)s1. The van der Waals surface area contributed by atoms with Gasteiger partial charge in [-0.05, 0) is 0 Å². The molecule has 0 aliphatic heterocycles. The third-order valence-electron chi connectivity index (χ3n) is 1.20. The Labute approximate surface area is 82.2 Å². The number of nitriles is 1. The summed E-state index contributed by atoms with van der Waals surface area (Å²) in [5.41, 5.74) is 0. The molecule has 1 heterocycles. The summed E-state index contributed by atoms with van der Waals surface area (Å²) < 4.78 is 0. The van der Waals surface area contributed by atoms with E-state index in [0.717, 1.165) is 11.3 Å². The highest BCUT2D eigenvalue weighted by atomic mass is 79.9. The lowest BCUT2D eigenvalue weighted by molar-refractivity contribution is 0.112. The molecular formula is C7H5BrN2OS. The van der Waals surface area contributed by atoms with E-state index < -0.39 is 0 Å². The first-order valence-electron chi connectivity index (χ1n) is 3.20. The van der Waals surface area contributed by atoms with Crippen LogP contribution in [0.2, 0.25) is 0 Å². The van der Waals surface area contributed by atoms with Gasteiger partial charge in [0.25, 0.3) is 0 Å². The Bertz CT molecular complexity index is 317. The van der Waals surface area contributed by atoms with E-state index in [1.165, 1.54) is 17.5 Å². The summed E-state index contributed by atoms with van der Waals surface area (Å²) in [4.78, 5) is 14.8. The quantitative estimate of drug-likeness (QED) is 0.606. The zero-order valence-corrected chi connectivity index (χ0v) is 8.43. The van der Waals surface area contributed by atoms with Crippen molar-refractivity contribution in [3.63, 3.8) is 0 Å². The van der Waals surface area contributed by atoms with Gasteiger partial charge in [-0.3, -0.25) is 4.79 Å². The fourth-order valence-corrected chi connectivity index (χ4v) is 1.92. The van der Waals surface area contributed by atoms with Gasteiger partial charge in [-0.2, -0.15) is 5.26 Å². The number of aldehydes is 1. The zero-order valence-electron chi connectivity index (χ0n) is 6.03. The highest BCUT2D eigenvalue weighted by Crippen LogP contribution is 2.28. The predicted molar refractivity (Wildman–Crippen MR) is 49.4 cm³/mol. The lowest BCUT2D eigenvalue weighted by Crippen LogP contribution is -1.84. The normalized spacial score (nSPS) is 12.0. The molecule has 0 aliphatic rings. The second-order valence-electron chi connectivity index (χ2n) is 2.05. The van der Waals surface area contributed by atoms with Crippen molar-refractivity contribution in [2.24, 2.45) is 0 Å². The molecule has 0 saturated carbocycles. The van der Waals surface area contributed by atoms with Crippen LogP contribution in [-0.4, -0.2) is 11.3 Å². The van der Waals surface area contributed by atoms with E-state index in [-0.39, 0.29) is 4.83 Å². The Hall–Kier alpha value is -0.730. The minimum atomic E-state index is -0.0544. The molecule has 0 saturated heterocycles. The van der Waals surface area contributed by atoms with E-state index in [0.29, 0.717) is 11.3 Å². The molecule has 0 fully saturated rings. The molecular weight excluding hydrogens is 240 g/mol. The van der Waals surface area contributed by atoms with Gasteiger partial charge in [0.05, 0.1) is 22.2 Å². The summed E-state index contributed by atoms with van der Waals surface area (Å²) in [5, 5.41) is 9.17. The summed E-state index contributed by atoms with van der Waals surface area (Å²) in [6.45, 7) is 0. The molecule has 0 aromatic carbocycles. The topological polar surface area (TPSA) is 53.8 Å². The van der Waals surface area contributed by atoms with E-state index in [4.69, 9.17) is 5.26 Å². The van der Waals surface area contributed by atoms with Gasteiger partial charge >= 0.3 is 0 Å². The minimum Gasteiger partial charge on any atom is -0.297 e. The van der Waals surface area contributed by atoms with Gasteiger partial charge in [0.1, 0.15) is 5.01 Å². The van der Waals surface area contributed by atoms with Crippen molar-refractivity contribution in [2.45, 2.75) is 11.2 Å². The lowest BCUT2D eigenvalue weighted by atomic mass is 10.3. The number of hydrogen-bond donors (Lipinski definition) is 0. The summed E-state index contributed by atoms with van der Waals surface area (Å²) in [6, 6.07) is 2.02. The lowest BCUT2D eigenvalue weighted by Gasteiger charge is -1.96. The van der Waals surface area contributed by atoms with Crippen molar-refractivity contribution in [1.82, 2.24) is 4.98 Å². The Morgan fingerprint density at radius 1 is 1.92 bits per heavy atom. The fraction of sp³-hybridized carbons (Fsp3) is 0.286. The first-order valence-corrected chi connectivity index (χ1v) is 4.93. The number of halogens is 1. The second kappa shape index (κ2) is 4.33. The Balaban J connectivity index is 2.75. The summed E-state index contributed by atoms with van der Waals surface area (Å²) in [7, 11) is 0. The molecule has 0 spiro atoms. The number of thiazole rings is 1. The first-order chi connectivity index (χ1) is 5.77. The van der Waals surface area contributed by atoms with Crippen LogP contribution >= 0.6 is 27.3 Å². The first kappa shape index (κ1) is 9.36. The molecule has 5 heteroatoms. The van der Waals surface area contributed by atoms with Crippen LogP contribution in [0.15, 0.2) is 6.20 Å². The van der Waals surface area contributed by atoms with Crippen LogP contribution in [0.3, 0.4) is 0 Å². The maximum absolute atomic E-state index is 10.3. The molecule has 0 N–H and O–H groups in total. The van der Waals surface area contributed by atoms with Gasteiger partial charge in [0, 0.05) is 6.20 Å². The summed E-state index contributed by atoms with van der Waals surface area (Å²) >= 11 is 4.60. The highest BCUT2D eigenvalue weighted by molar-refractivity contribution is 9.09. The van der Waals surface area contributed by atoms with Crippen LogP contribution in [-0.2, 0) is 0 Å². The molecule has 12 heavy (non-hydrogen) atoms. The predicted octanol–water partition coefficient (Wildman–Crippen LogP) is 2.31. The molecule has 0 amide bonds. The highest BCUT2D eigenvalue weighted by Gasteiger charge is 2.10. The smallest absolute Gasteiger partial charge is 0.161 e. The standard InChI is InChI=1S/C7H5BrN2OS/c8-6(1-2-9)7-10-3-5(4-11)12-7/h3-4,6H,1H2. The van der Waals surface area contributed by atoms with Crippen LogP contribution in [0.1, 0.15) is 25.9 Å². The van der Waals surface area contributed by atoms with Gasteiger partial charge in [0.15, 0.2) is 6.29 Å². The number of carbonyl (C=O) groups excluding carboxylic acids is 1. The molecule has 62 valence electrons. The van der Waals surface area contributed by atoms with Gasteiger partial charge in [0.2, 0.25) is 0 Å². The van der Waals surface area contributed by atoms with Gasteiger partial charge in [-0.15, -0.1) is 11.3 Å². The molecule has 1 aromatic heterocycles. The van der Waals surface area contributed by atoms with Crippen molar-refractivity contribution in [1.29, 1.82) is 5.26 Å². The number of alkyl halides is 1. The number of aromatic nitrogens is 1. The van der Waals surface area contributed by atoms with Gasteiger partial charge in [-0.1, -0.05) is 15.9 Å². The monoisotopic (exact) mass is 244 g/mol. The van der Waals surface area contributed by atoms with Gasteiger partial charge < -0.3 is 0 Å². The van der Waals surface area contributed by atoms with Crippen LogP contribution in [0.25, 0.3) is 0 Å². The molecule has 3 nitrogen and oxygen atoms in total. The van der Waals surface area contributed by atoms with Crippen LogP contribution in [0, 0.1) is 11.3 Å². The van der Waals surface area contributed by atoms with Crippen LogP contribution in [0.5, 0.6) is 0 Å². The molecule has 0 radical (unpaired) electrons. The largest absolute Gasteiger partial charge is 0.297 e. The average molecular weight is 245 g/mol. The minimum absolute atomic E-state index is 0.0544. The Kier molecular flexibility index (Phi) is 3.38. The third-order valence-corrected chi connectivity index (χ3v) is 3.29. The van der Waals surface area contributed by atoms with E-state index in [1.807, 2.05) is 6.07 Å². The number of carbonyl (C=O) groups is 1. The fourth-order valence-electron chi connectivity index (χ4n) is 0.667.